The lowest BCUT2D eigenvalue weighted by atomic mass is 9.95. The Morgan fingerprint density at radius 3 is 2.44 bits per heavy atom. The Morgan fingerprint density at radius 1 is 1.22 bits per heavy atom. The fraction of sp³-hybridized carbons (Fsp3) is 0.857. The monoisotopic (exact) mass is 258 g/mol. The maximum Gasteiger partial charge on any atom is 0.305 e. The molecule has 0 aliphatic rings. The van der Waals surface area contributed by atoms with Crippen LogP contribution in [0, 0.1) is 5.92 Å². The summed E-state index contributed by atoms with van der Waals surface area (Å²) in [6.45, 7) is 1.98. The summed E-state index contributed by atoms with van der Waals surface area (Å²) >= 11 is 0. The third-order valence-corrected chi connectivity index (χ3v) is 3.26. The molecule has 0 aromatic rings. The fourth-order valence-electron chi connectivity index (χ4n) is 1.89. The molecule has 4 nitrogen and oxygen atoms in total. The minimum atomic E-state index is -0.498. The van der Waals surface area contributed by atoms with E-state index in [1.54, 1.807) is 0 Å². The van der Waals surface area contributed by atoms with Gasteiger partial charge in [-0.1, -0.05) is 32.6 Å². The van der Waals surface area contributed by atoms with E-state index in [4.69, 9.17) is 0 Å². The standard InChI is InChI=1S/C14H26O4/c1-12(13(16)10-11-15)8-6-4-3-5-7-9-14(17)18-2/h11-13,16H,3-10H2,1-2H3. The number of esters is 1. The molecule has 4 heteroatoms. The molecule has 0 amide bonds. The van der Waals surface area contributed by atoms with Crippen LogP contribution in [0.25, 0.3) is 0 Å². The summed E-state index contributed by atoms with van der Waals surface area (Å²) in [6, 6.07) is 0. The van der Waals surface area contributed by atoms with E-state index in [-0.39, 0.29) is 18.3 Å². The predicted molar refractivity (Wildman–Crippen MR) is 70.2 cm³/mol. The maximum absolute atomic E-state index is 10.8. The van der Waals surface area contributed by atoms with Gasteiger partial charge in [-0.3, -0.25) is 4.79 Å². The number of unbranched alkanes of at least 4 members (excludes halogenated alkanes) is 4. The minimum Gasteiger partial charge on any atom is -0.469 e. The second-order valence-electron chi connectivity index (χ2n) is 4.83. The normalized spacial score (nSPS) is 13.9. The zero-order chi connectivity index (χ0) is 13.8. The third-order valence-electron chi connectivity index (χ3n) is 3.26. The van der Waals surface area contributed by atoms with Crippen molar-refractivity contribution in [3.63, 3.8) is 0 Å². The van der Waals surface area contributed by atoms with E-state index in [2.05, 4.69) is 4.74 Å². The Morgan fingerprint density at radius 2 is 1.83 bits per heavy atom. The van der Waals surface area contributed by atoms with Crippen LogP contribution in [0.15, 0.2) is 0 Å². The van der Waals surface area contributed by atoms with Crippen molar-refractivity contribution in [1.29, 1.82) is 0 Å². The summed E-state index contributed by atoms with van der Waals surface area (Å²) in [6.07, 6.45) is 7.17. The molecule has 0 saturated heterocycles. The lowest BCUT2D eigenvalue weighted by Gasteiger charge is -2.16. The van der Waals surface area contributed by atoms with E-state index in [1.165, 1.54) is 7.11 Å². The molecule has 106 valence electrons. The lowest BCUT2D eigenvalue weighted by molar-refractivity contribution is -0.140. The second-order valence-corrected chi connectivity index (χ2v) is 4.83. The van der Waals surface area contributed by atoms with Crippen LogP contribution in [0.1, 0.15) is 58.3 Å². The summed E-state index contributed by atoms with van der Waals surface area (Å²) in [4.78, 5) is 21.1. The van der Waals surface area contributed by atoms with Gasteiger partial charge in [0.25, 0.3) is 0 Å². The number of aliphatic hydroxyl groups is 1. The number of rotatable bonds is 11. The number of methoxy groups -OCH3 is 1. The first-order valence-electron chi connectivity index (χ1n) is 6.80. The van der Waals surface area contributed by atoms with Crippen molar-refractivity contribution in [2.45, 2.75) is 64.4 Å². The number of hydrogen-bond acceptors (Lipinski definition) is 4. The summed E-state index contributed by atoms with van der Waals surface area (Å²) in [5.41, 5.74) is 0. The molecule has 2 unspecified atom stereocenters. The van der Waals surface area contributed by atoms with Crippen molar-refractivity contribution in [2.75, 3.05) is 7.11 Å². The Hall–Kier alpha value is -0.900. The highest BCUT2D eigenvalue weighted by atomic mass is 16.5. The second kappa shape index (κ2) is 11.2. The van der Waals surface area contributed by atoms with Crippen molar-refractivity contribution >= 4 is 12.3 Å². The molecule has 0 rings (SSSR count). The molecule has 1 N–H and O–H groups in total. The van der Waals surface area contributed by atoms with Crippen LogP contribution in [0.4, 0.5) is 0 Å². The van der Waals surface area contributed by atoms with Gasteiger partial charge in [0.1, 0.15) is 6.29 Å². The first kappa shape index (κ1) is 17.1. The van der Waals surface area contributed by atoms with Crippen LogP contribution in [-0.4, -0.2) is 30.6 Å². The number of aliphatic hydroxyl groups excluding tert-OH is 1. The van der Waals surface area contributed by atoms with Crippen LogP contribution < -0.4 is 0 Å². The SMILES string of the molecule is COC(=O)CCCCCCCC(C)C(O)CC=O. The van der Waals surface area contributed by atoms with Gasteiger partial charge < -0.3 is 14.6 Å². The highest BCUT2D eigenvalue weighted by Gasteiger charge is 2.12. The molecule has 0 aliphatic carbocycles. The van der Waals surface area contributed by atoms with E-state index < -0.39 is 6.10 Å². The summed E-state index contributed by atoms with van der Waals surface area (Å²) in [7, 11) is 1.41. The zero-order valence-corrected chi connectivity index (χ0v) is 11.6. The molecule has 18 heavy (non-hydrogen) atoms. The van der Waals surface area contributed by atoms with Crippen molar-refractivity contribution in [2.24, 2.45) is 5.92 Å². The Bertz CT molecular complexity index is 228. The van der Waals surface area contributed by atoms with Crippen LogP contribution in [0.5, 0.6) is 0 Å². The van der Waals surface area contributed by atoms with E-state index in [0.717, 1.165) is 44.8 Å². The number of ether oxygens (including phenoxy) is 1. The van der Waals surface area contributed by atoms with Gasteiger partial charge >= 0.3 is 5.97 Å². The smallest absolute Gasteiger partial charge is 0.305 e. The highest BCUT2D eigenvalue weighted by molar-refractivity contribution is 5.68. The number of carbonyl (C=O) groups is 2. The molecule has 0 radical (unpaired) electrons. The predicted octanol–water partition coefficient (Wildman–Crippen LogP) is 2.48. The first-order chi connectivity index (χ1) is 8.61. The Labute approximate surface area is 110 Å². The van der Waals surface area contributed by atoms with Gasteiger partial charge in [-0.05, 0) is 18.8 Å². The highest BCUT2D eigenvalue weighted by Crippen LogP contribution is 2.16. The first-order valence-corrected chi connectivity index (χ1v) is 6.80. The van der Waals surface area contributed by atoms with Gasteiger partial charge in [0, 0.05) is 12.8 Å². The minimum absolute atomic E-state index is 0.138. The molecular weight excluding hydrogens is 232 g/mol. The van der Waals surface area contributed by atoms with Crippen molar-refractivity contribution in [3.05, 3.63) is 0 Å². The number of hydrogen-bond donors (Lipinski definition) is 1. The van der Waals surface area contributed by atoms with Gasteiger partial charge in [0.15, 0.2) is 0 Å². The van der Waals surface area contributed by atoms with Crippen molar-refractivity contribution in [1.82, 2.24) is 0 Å². The van der Waals surface area contributed by atoms with E-state index in [0.29, 0.717) is 6.42 Å². The molecule has 0 aromatic carbocycles. The molecule has 2 atom stereocenters. The van der Waals surface area contributed by atoms with Gasteiger partial charge in [-0.25, -0.2) is 0 Å². The van der Waals surface area contributed by atoms with Crippen LogP contribution in [-0.2, 0) is 14.3 Å². The lowest BCUT2D eigenvalue weighted by Crippen LogP contribution is -2.17. The van der Waals surface area contributed by atoms with E-state index in [9.17, 15) is 14.7 Å². The van der Waals surface area contributed by atoms with Crippen LogP contribution in [0.3, 0.4) is 0 Å². The summed E-state index contributed by atoms with van der Waals surface area (Å²) in [5.74, 6) is 0.0471. The summed E-state index contributed by atoms with van der Waals surface area (Å²) < 4.78 is 4.56. The van der Waals surface area contributed by atoms with Crippen molar-refractivity contribution in [3.8, 4) is 0 Å². The molecule has 0 saturated carbocycles. The number of aldehydes is 1. The molecule has 0 aromatic heterocycles. The summed E-state index contributed by atoms with van der Waals surface area (Å²) in [5, 5.41) is 9.56. The maximum atomic E-state index is 10.8. The average Bonchev–Trinajstić information content (AvgIpc) is 2.37. The Balaban J connectivity index is 3.34. The molecule has 0 aliphatic heterocycles. The largest absolute Gasteiger partial charge is 0.469 e. The number of carbonyl (C=O) groups excluding carboxylic acids is 2. The van der Waals surface area contributed by atoms with Gasteiger partial charge in [0.05, 0.1) is 13.2 Å². The molecule has 0 bridgehead atoms. The molecule has 0 heterocycles. The van der Waals surface area contributed by atoms with E-state index >= 15 is 0 Å². The van der Waals surface area contributed by atoms with Crippen LogP contribution in [0.2, 0.25) is 0 Å². The van der Waals surface area contributed by atoms with Gasteiger partial charge in [-0.15, -0.1) is 0 Å². The quantitative estimate of drug-likeness (QED) is 0.351. The molecular formula is C14H26O4. The molecule has 0 spiro atoms. The van der Waals surface area contributed by atoms with Crippen LogP contribution >= 0.6 is 0 Å². The fourth-order valence-corrected chi connectivity index (χ4v) is 1.89. The topological polar surface area (TPSA) is 63.6 Å². The van der Waals surface area contributed by atoms with Gasteiger partial charge in [-0.2, -0.15) is 0 Å². The van der Waals surface area contributed by atoms with E-state index in [1.807, 2.05) is 6.92 Å². The Kier molecular flexibility index (Phi) is 10.6. The zero-order valence-electron chi connectivity index (χ0n) is 11.6. The van der Waals surface area contributed by atoms with Crippen molar-refractivity contribution < 1.29 is 19.4 Å². The third kappa shape index (κ3) is 9.16. The van der Waals surface area contributed by atoms with Gasteiger partial charge in [0.2, 0.25) is 0 Å². The molecule has 0 fully saturated rings. The average molecular weight is 258 g/mol.